The third-order valence-electron chi connectivity index (χ3n) is 7.44. The lowest BCUT2D eigenvalue weighted by Crippen LogP contribution is -2.47. The second kappa shape index (κ2) is 10.8. The molecule has 11 heteroatoms. The molecular weight excluding hydrogens is 538 g/mol. The molecule has 0 atom stereocenters. The summed E-state index contributed by atoms with van der Waals surface area (Å²) in [6.07, 6.45) is 2.09. The Labute approximate surface area is 233 Å². The number of halogens is 3. The van der Waals surface area contributed by atoms with E-state index < -0.39 is 11.6 Å². The molecule has 2 aromatic heterocycles. The summed E-state index contributed by atoms with van der Waals surface area (Å²) in [4.78, 5) is 25.2. The Morgan fingerprint density at radius 1 is 0.925 bits per heavy atom. The average molecular weight is 563 g/mol. The molecule has 0 radical (unpaired) electrons. The van der Waals surface area contributed by atoms with Crippen LogP contribution in [0.3, 0.4) is 0 Å². The van der Waals surface area contributed by atoms with Gasteiger partial charge in [0.15, 0.2) is 17.5 Å². The number of fused-ring (bicyclic) bond motifs is 3. The van der Waals surface area contributed by atoms with Gasteiger partial charge in [0.2, 0.25) is 0 Å². The van der Waals surface area contributed by atoms with Crippen LogP contribution in [0.15, 0.2) is 67.0 Å². The number of benzene rings is 3. The standard InChI is InChI=1S/C29H25ClF2N6O2/c30-21-7-4-20(5-8-21)17-37-24-2-1-3-25(38(39)40)26(24)27-28(37)29(34-18-33-27)36-14-12-35(13-15-36)11-10-19-6-9-22(31)23(32)16-19/h1-9,16,18H,10-15,17H2. The van der Waals surface area contributed by atoms with Gasteiger partial charge in [-0.05, 0) is 47.9 Å². The van der Waals surface area contributed by atoms with Crippen molar-refractivity contribution in [2.24, 2.45) is 0 Å². The molecule has 3 heterocycles. The molecule has 3 aromatic carbocycles. The van der Waals surface area contributed by atoms with Gasteiger partial charge in [0.25, 0.3) is 5.69 Å². The van der Waals surface area contributed by atoms with Gasteiger partial charge in [-0.3, -0.25) is 15.0 Å². The first kappa shape index (κ1) is 26.1. The van der Waals surface area contributed by atoms with Crippen LogP contribution in [0.2, 0.25) is 5.02 Å². The Bertz CT molecular complexity index is 1720. The minimum atomic E-state index is -0.840. The molecule has 8 nitrogen and oxygen atoms in total. The highest BCUT2D eigenvalue weighted by Gasteiger charge is 2.27. The van der Waals surface area contributed by atoms with Crippen LogP contribution in [-0.2, 0) is 13.0 Å². The molecule has 0 aliphatic carbocycles. The molecule has 6 rings (SSSR count). The lowest BCUT2D eigenvalue weighted by molar-refractivity contribution is -0.383. The molecule has 1 aliphatic rings. The Morgan fingerprint density at radius 3 is 2.40 bits per heavy atom. The van der Waals surface area contributed by atoms with Gasteiger partial charge in [0, 0.05) is 50.4 Å². The van der Waals surface area contributed by atoms with E-state index in [9.17, 15) is 18.9 Å². The lowest BCUT2D eigenvalue weighted by atomic mass is 10.1. The van der Waals surface area contributed by atoms with E-state index in [4.69, 9.17) is 11.6 Å². The summed E-state index contributed by atoms with van der Waals surface area (Å²) < 4.78 is 28.9. The molecular formula is C29H25ClF2N6O2. The van der Waals surface area contributed by atoms with Crippen molar-refractivity contribution in [3.63, 3.8) is 0 Å². The van der Waals surface area contributed by atoms with Gasteiger partial charge in [0.1, 0.15) is 22.7 Å². The molecule has 0 saturated carbocycles. The van der Waals surface area contributed by atoms with Gasteiger partial charge in [-0.1, -0.05) is 35.9 Å². The smallest absolute Gasteiger partial charge is 0.280 e. The van der Waals surface area contributed by atoms with Crippen molar-refractivity contribution in [3.05, 3.63) is 105 Å². The van der Waals surface area contributed by atoms with Crippen LogP contribution in [0, 0.1) is 21.7 Å². The predicted octanol–water partition coefficient (Wildman–Crippen LogP) is 5.84. The average Bonchev–Trinajstić information content (AvgIpc) is 3.29. The van der Waals surface area contributed by atoms with Crippen LogP contribution in [0.1, 0.15) is 11.1 Å². The van der Waals surface area contributed by atoms with E-state index in [1.807, 2.05) is 34.9 Å². The van der Waals surface area contributed by atoms with Crippen LogP contribution in [0.5, 0.6) is 0 Å². The zero-order valence-electron chi connectivity index (χ0n) is 21.4. The highest BCUT2D eigenvalue weighted by atomic mass is 35.5. The number of piperazine rings is 1. The Balaban J connectivity index is 1.32. The van der Waals surface area contributed by atoms with Crippen LogP contribution in [-0.4, -0.2) is 57.1 Å². The van der Waals surface area contributed by atoms with Gasteiger partial charge in [-0.2, -0.15) is 0 Å². The number of aromatic nitrogens is 3. The number of non-ortho nitro benzene ring substituents is 1. The number of rotatable bonds is 7. The summed E-state index contributed by atoms with van der Waals surface area (Å²) in [6, 6.07) is 16.6. The largest absolute Gasteiger partial charge is 0.352 e. The Morgan fingerprint density at radius 2 is 1.68 bits per heavy atom. The number of hydrogen-bond acceptors (Lipinski definition) is 6. The fourth-order valence-corrected chi connectivity index (χ4v) is 5.53. The predicted molar refractivity (Wildman–Crippen MR) is 151 cm³/mol. The van der Waals surface area contributed by atoms with Crippen molar-refractivity contribution in [1.82, 2.24) is 19.4 Å². The zero-order chi connectivity index (χ0) is 27.8. The van der Waals surface area contributed by atoms with E-state index in [0.29, 0.717) is 47.5 Å². The Kier molecular flexibility index (Phi) is 7.03. The van der Waals surface area contributed by atoms with Crippen molar-refractivity contribution in [2.45, 2.75) is 13.0 Å². The molecule has 5 aromatic rings. The van der Waals surface area contributed by atoms with Gasteiger partial charge in [0.05, 0.1) is 10.4 Å². The normalized spacial score (nSPS) is 14.3. The highest BCUT2D eigenvalue weighted by molar-refractivity contribution is 6.30. The number of nitro benzene ring substituents is 1. The Hall–Kier alpha value is -4.15. The number of anilines is 1. The maximum atomic E-state index is 13.6. The van der Waals surface area contributed by atoms with Crippen molar-refractivity contribution in [3.8, 4) is 0 Å². The molecule has 0 bridgehead atoms. The van der Waals surface area contributed by atoms with E-state index in [0.717, 1.165) is 48.2 Å². The molecule has 204 valence electrons. The van der Waals surface area contributed by atoms with Crippen molar-refractivity contribution >= 4 is 45.0 Å². The van der Waals surface area contributed by atoms with Crippen molar-refractivity contribution < 1.29 is 13.7 Å². The van der Waals surface area contributed by atoms with Gasteiger partial charge in [-0.15, -0.1) is 0 Å². The van der Waals surface area contributed by atoms with Crippen molar-refractivity contribution in [2.75, 3.05) is 37.6 Å². The summed E-state index contributed by atoms with van der Waals surface area (Å²) in [6.45, 7) is 4.08. The van der Waals surface area contributed by atoms with Crippen LogP contribution in [0.4, 0.5) is 20.3 Å². The molecule has 1 fully saturated rings. The first-order valence-electron chi connectivity index (χ1n) is 12.9. The molecule has 0 spiro atoms. The topological polar surface area (TPSA) is 80.3 Å². The minimum absolute atomic E-state index is 0.00375. The molecule has 1 saturated heterocycles. The second-order valence-corrected chi connectivity index (χ2v) is 10.3. The summed E-state index contributed by atoms with van der Waals surface area (Å²) in [5.74, 6) is -0.943. The summed E-state index contributed by atoms with van der Waals surface area (Å²) in [7, 11) is 0. The maximum absolute atomic E-state index is 13.6. The van der Waals surface area contributed by atoms with Crippen LogP contribution < -0.4 is 4.90 Å². The third kappa shape index (κ3) is 4.96. The fourth-order valence-electron chi connectivity index (χ4n) is 5.40. The van der Waals surface area contributed by atoms with Crippen LogP contribution >= 0.6 is 11.6 Å². The van der Waals surface area contributed by atoms with Gasteiger partial charge < -0.3 is 9.47 Å². The number of nitro groups is 1. The molecule has 0 amide bonds. The van der Waals surface area contributed by atoms with Crippen LogP contribution in [0.25, 0.3) is 21.9 Å². The van der Waals surface area contributed by atoms with E-state index in [1.165, 1.54) is 18.5 Å². The maximum Gasteiger partial charge on any atom is 0.280 e. The first-order valence-corrected chi connectivity index (χ1v) is 13.3. The number of nitrogens with zero attached hydrogens (tertiary/aromatic N) is 6. The van der Waals surface area contributed by atoms with Gasteiger partial charge >= 0.3 is 0 Å². The highest BCUT2D eigenvalue weighted by Crippen LogP contribution is 2.38. The van der Waals surface area contributed by atoms with E-state index in [-0.39, 0.29) is 10.6 Å². The van der Waals surface area contributed by atoms with Crippen molar-refractivity contribution in [1.29, 1.82) is 0 Å². The third-order valence-corrected chi connectivity index (χ3v) is 7.70. The lowest BCUT2D eigenvalue weighted by Gasteiger charge is -2.35. The second-order valence-electron chi connectivity index (χ2n) is 9.86. The number of hydrogen-bond donors (Lipinski definition) is 0. The fraction of sp³-hybridized carbons (Fsp3) is 0.241. The van der Waals surface area contributed by atoms with E-state index >= 15 is 0 Å². The molecule has 1 aliphatic heterocycles. The molecule has 0 N–H and O–H groups in total. The molecule has 40 heavy (non-hydrogen) atoms. The summed E-state index contributed by atoms with van der Waals surface area (Å²) in [5.41, 5.74) is 3.76. The van der Waals surface area contributed by atoms with Gasteiger partial charge in [-0.25, -0.2) is 18.7 Å². The minimum Gasteiger partial charge on any atom is -0.352 e. The SMILES string of the molecule is O=[N+]([O-])c1cccc2c1c1ncnc(N3CCN(CCc4ccc(F)c(F)c4)CC3)c1n2Cc1ccc(Cl)cc1. The zero-order valence-corrected chi connectivity index (χ0v) is 22.2. The summed E-state index contributed by atoms with van der Waals surface area (Å²) in [5, 5.41) is 13.1. The monoisotopic (exact) mass is 562 g/mol. The quantitative estimate of drug-likeness (QED) is 0.183. The first-order chi connectivity index (χ1) is 19.4. The molecule has 0 unspecified atom stereocenters. The van der Waals surface area contributed by atoms with E-state index in [1.54, 1.807) is 12.1 Å². The van der Waals surface area contributed by atoms with E-state index in [2.05, 4.69) is 19.8 Å². The summed E-state index contributed by atoms with van der Waals surface area (Å²) >= 11 is 6.10.